The molecule has 0 bridgehead atoms. The minimum atomic E-state index is 0.214. The van der Waals surface area contributed by atoms with E-state index in [1.54, 1.807) is 6.33 Å². The Morgan fingerprint density at radius 1 is 1.47 bits per heavy atom. The normalized spacial score (nSPS) is 21.3. The summed E-state index contributed by atoms with van der Waals surface area (Å²) in [5.41, 5.74) is 5.59. The van der Waals surface area contributed by atoms with Crippen LogP contribution >= 0.6 is 0 Å². The number of likely N-dealkylation sites (tertiary alicyclic amines) is 1. The zero-order valence-electron chi connectivity index (χ0n) is 11.8. The van der Waals surface area contributed by atoms with Crippen LogP contribution in [-0.2, 0) is 0 Å². The summed E-state index contributed by atoms with van der Waals surface area (Å²) in [4.78, 5) is 10.8. The van der Waals surface area contributed by atoms with E-state index in [0.717, 1.165) is 24.7 Å². The average molecular weight is 264 g/mol. The predicted octanol–water partition coefficient (Wildman–Crippen LogP) is 0.599. The highest BCUT2D eigenvalue weighted by Gasteiger charge is 2.18. The first-order chi connectivity index (χ1) is 9.17. The third-order valence-corrected chi connectivity index (χ3v) is 3.48. The van der Waals surface area contributed by atoms with Gasteiger partial charge in [0.2, 0.25) is 0 Å². The van der Waals surface area contributed by atoms with E-state index in [0.29, 0.717) is 12.5 Å². The van der Waals surface area contributed by atoms with Gasteiger partial charge in [-0.15, -0.1) is 0 Å². The summed E-state index contributed by atoms with van der Waals surface area (Å²) in [6.45, 7) is 5.93. The van der Waals surface area contributed by atoms with Crippen molar-refractivity contribution in [1.82, 2.24) is 14.9 Å². The summed E-state index contributed by atoms with van der Waals surface area (Å²) >= 11 is 0. The van der Waals surface area contributed by atoms with Gasteiger partial charge in [-0.3, -0.25) is 0 Å². The molecule has 2 unspecified atom stereocenters. The van der Waals surface area contributed by atoms with E-state index in [-0.39, 0.29) is 6.04 Å². The largest absolute Gasteiger partial charge is 0.370 e. The molecule has 1 saturated heterocycles. The molecule has 1 aliphatic rings. The van der Waals surface area contributed by atoms with Crippen molar-refractivity contribution in [3.05, 3.63) is 12.4 Å². The van der Waals surface area contributed by atoms with E-state index in [1.165, 1.54) is 13.0 Å². The first kappa shape index (κ1) is 14.0. The van der Waals surface area contributed by atoms with Gasteiger partial charge in [-0.25, -0.2) is 9.97 Å². The first-order valence-corrected chi connectivity index (χ1v) is 6.88. The van der Waals surface area contributed by atoms with Crippen LogP contribution in [0.25, 0.3) is 0 Å². The Kier molecular flexibility index (Phi) is 4.93. The topological polar surface area (TPSA) is 79.1 Å². The molecule has 0 radical (unpaired) electrons. The van der Waals surface area contributed by atoms with Gasteiger partial charge in [0.05, 0.1) is 0 Å². The number of nitrogens with zero attached hydrogens (tertiary/aromatic N) is 3. The second-order valence-corrected chi connectivity index (χ2v) is 5.37. The third kappa shape index (κ3) is 4.33. The maximum atomic E-state index is 5.59. The van der Waals surface area contributed by atoms with Crippen molar-refractivity contribution in [2.45, 2.75) is 19.4 Å². The van der Waals surface area contributed by atoms with E-state index in [2.05, 4.69) is 32.5 Å². The number of rotatable bonds is 6. The van der Waals surface area contributed by atoms with Crippen molar-refractivity contribution >= 4 is 11.6 Å². The minimum Gasteiger partial charge on any atom is -0.370 e. The lowest BCUT2D eigenvalue weighted by Gasteiger charge is -2.14. The number of hydrogen-bond acceptors (Lipinski definition) is 6. The lowest BCUT2D eigenvalue weighted by atomic mass is 10.1. The molecule has 1 aromatic rings. The standard InChI is InChI=1S/C13H24N6/c1-10(6-14)18-13-5-12(16-9-17-13)15-7-11-3-4-19(2)8-11/h5,9-11H,3-4,6-8,14H2,1-2H3,(H2,15,16,17,18). The van der Waals surface area contributed by atoms with Crippen molar-refractivity contribution in [1.29, 1.82) is 0 Å². The second-order valence-electron chi connectivity index (χ2n) is 5.37. The van der Waals surface area contributed by atoms with Crippen molar-refractivity contribution < 1.29 is 0 Å². The van der Waals surface area contributed by atoms with Gasteiger partial charge in [0.25, 0.3) is 0 Å². The number of aromatic nitrogens is 2. The number of hydrogen-bond donors (Lipinski definition) is 3. The summed E-state index contributed by atoms with van der Waals surface area (Å²) in [7, 11) is 2.17. The molecule has 19 heavy (non-hydrogen) atoms. The molecule has 1 fully saturated rings. The van der Waals surface area contributed by atoms with Crippen LogP contribution in [0.4, 0.5) is 11.6 Å². The molecule has 4 N–H and O–H groups in total. The molecular weight excluding hydrogens is 240 g/mol. The maximum absolute atomic E-state index is 5.59. The van der Waals surface area contributed by atoms with Crippen LogP contribution in [0.1, 0.15) is 13.3 Å². The SMILES string of the molecule is CC(CN)Nc1cc(NCC2CCN(C)C2)ncn1. The molecule has 2 rings (SSSR count). The Balaban J connectivity index is 1.84. The minimum absolute atomic E-state index is 0.214. The van der Waals surface area contributed by atoms with Gasteiger partial charge in [0, 0.05) is 31.7 Å². The molecule has 1 aliphatic heterocycles. The highest BCUT2D eigenvalue weighted by atomic mass is 15.1. The van der Waals surface area contributed by atoms with Gasteiger partial charge in [-0.05, 0) is 32.9 Å². The molecule has 0 aromatic carbocycles. The zero-order chi connectivity index (χ0) is 13.7. The Morgan fingerprint density at radius 3 is 2.95 bits per heavy atom. The Morgan fingerprint density at radius 2 is 2.26 bits per heavy atom. The molecule has 0 amide bonds. The van der Waals surface area contributed by atoms with Gasteiger partial charge in [-0.2, -0.15) is 0 Å². The van der Waals surface area contributed by atoms with Crippen LogP contribution in [0, 0.1) is 5.92 Å². The molecule has 0 spiro atoms. The first-order valence-electron chi connectivity index (χ1n) is 6.88. The Labute approximate surface area is 114 Å². The maximum Gasteiger partial charge on any atom is 0.131 e. The van der Waals surface area contributed by atoms with Gasteiger partial charge in [-0.1, -0.05) is 0 Å². The summed E-state index contributed by atoms with van der Waals surface area (Å²) in [5.74, 6) is 2.40. The van der Waals surface area contributed by atoms with Crippen molar-refractivity contribution in [2.24, 2.45) is 11.7 Å². The summed E-state index contributed by atoms with van der Waals surface area (Å²) in [6, 6.07) is 2.15. The lowest BCUT2D eigenvalue weighted by molar-refractivity contribution is 0.399. The number of nitrogens with two attached hydrogens (primary N) is 1. The molecule has 6 nitrogen and oxygen atoms in total. The summed E-state index contributed by atoms with van der Waals surface area (Å²) in [5, 5.41) is 6.63. The van der Waals surface area contributed by atoms with Crippen molar-refractivity contribution in [3.63, 3.8) is 0 Å². The van der Waals surface area contributed by atoms with E-state index >= 15 is 0 Å². The highest BCUT2D eigenvalue weighted by Crippen LogP contribution is 2.16. The molecule has 2 atom stereocenters. The number of nitrogens with one attached hydrogen (secondary N) is 2. The van der Waals surface area contributed by atoms with Crippen LogP contribution in [0.3, 0.4) is 0 Å². The smallest absolute Gasteiger partial charge is 0.131 e. The average Bonchev–Trinajstić information content (AvgIpc) is 2.82. The monoisotopic (exact) mass is 264 g/mol. The molecule has 0 aliphatic carbocycles. The zero-order valence-corrected chi connectivity index (χ0v) is 11.8. The fourth-order valence-corrected chi connectivity index (χ4v) is 2.29. The second kappa shape index (κ2) is 6.68. The van der Waals surface area contributed by atoms with Gasteiger partial charge >= 0.3 is 0 Å². The van der Waals surface area contributed by atoms with Crippen molar-refractivity contribution in [2.75, 3.05) is 43.9 Å². The molecule has 1 aromatic heterocycles. The van der Waals surface area contributed by atoms with Crippen LogP contribution < -0.4 is 16.4 Å². The molecule has 2 heterocycles. The van der Waals surface area contributed by atoms with E-state index in [9.17, 15) is 0 Å². The van der Waals surface area contributed by atoms with Crippen LogP contribution in [0.2, 0.25) is 0 Å². The van der Waals surface area contributed by atoms with Crippen LogP contribution in [0.5, 0.6) is 0 Å². The quantitative estimate of drug-likeness (QED) is 0.698. The van der Waals surface area contributed by atoms with Crippen LogP contribution in [0.15, 0.2) is 12.4 Å². The van der Waals surface area contributed by atoms with E-state index < -0.39 is 0 Å². The van der Waals surface area contributed by atoms with Gasteiger partial charge in [0.15, 0.2) is 0 Å². The number of anilines is 2. The fraction of sp³-hybridized carbons (Fsp3) is 0.692. The summed E-state index contributed by atoms with van der Waals surface area (Å²) in [6.07, 6.45) is 2.83. The molecule has 6 heteroatoms. The van der Waals surface area contributed by atoms with Crippen molar-refractivity contribution in [3.8, 4) is 0 Å². The predicted molar refractivity (Wildman–Crippen MR) is 78.3 cm³/mol. The van der Waals surface area contributed by atoms with Gasteiger partial charge < -0.3 is 21.3 Å². The molecular formula is C13H24N6. The molecule has 0 saturated carbocycles. The van der Waals surface area contributed by atoms with E-state index in [4.69, 9.17) is 5.73 Å². The fourth-order valence-electron chi connectivity index (χ4n) is 2.29. The Bertz CT molecular complexity index is 396. The Hall–Kier alpha value is -1.40. The lowest BCUT2D eigenvalue weighted by Crippen LogP contribution is -2.25. The van der Waals surface area contributed by atoms with Crippen LogP contribution in [-0.4, -0.2) is 54.1 Å². The van der Waals surface area contributed by atoms with E-state index in [1.807, 2.05) is 13.0 Å². The third-order valence-electron chi connectivity index (χ3n) is 3.48. The summed E-state index contributed by atoms with van der Waals surface area (Å²) < 4.78 is 0. The van der Waals surface area contributed by atoms with Gasteiger partial charge in [0.1, 0.15) is 18.0 Å². The highest BCUT2D eigenvalue weighted by molar-refractivity contribution is 5.46. The molecule has 106 valence electrons.